The largest absolute Gasteiger partial charge is 0.399 e. The third-order valence-corrected chi connectivity index (χ3v) is 4.89. The van der Waals surface area contributed by atoms with Gasteiger partial charge in [0.2, 0.25) is 0 Å². The Morgan fingerprint density at radius 1 is 1.14 bits per heavy atom. The molecule has 3 aromatic rings. The van der Waals surface area contributed by atoms with Gasteiger partial charge in [0.15, 0.2) is 0 Å². The molecule has 0 bridgehead atoms. The smallest absolute Gasteiger partial charge is 0.269 e. The molecule has 2 heterocycles. The fourth-order valence-corrected chi connectivity index (χ4v) is 3.37. The molecule has 0 unspecified atom stereocenters. The van der Waals surface area contributed by atoms with E-state index in [1.165, 1.54) is 12.1 Å². The van der Waals surface area contributed by atoms with Gasteiger partial charge in [-0.3, -0.25) is 19.8 Å². The highest BCUT2D eigenvalue weighted by molar-refractivity contribution is 5.58. The van der Waals surface area contributed by atoms with E-state index in [1.54, 1.807) is 24.3 Å². The first-order valence-electron chi connectivity index (χ1n) is 8.93. The summed E-state index contributed by atoms with van der Waals surface area (Å²) in [5, 5.41) is 10.8. The molecule has 0 fully saturated rings. The van der Waals surface area contributed by atoms with Crippen LogP contribution in [0.3, 0.4) is 0 Å². The summed E-state index contributed by atoms with van der Waals surface area (Å²) in [7, 11) is 0. The quantitative estimate of drug-likeness (QED) is 0.410. The van der Waals surface area contributed by atoms with Crippen molar-refractivity contribution in [3.05, 3.63) is 85.8 Å². The maximum absolute atomic E-state index is 12.6. The number of anilines is 1. The lowest BCUT2D eigenvalue weighted by Crippen LogP contribution is -2.35. The molecule has 0 saturated carbocycles. The summed E-state index contributed by atoms with van der Waals surface area (Å²) in [6.45, 7) is 1.88. The number of nitrogens with one attached hydrogen (secondary N) is 1. The summed E-state index contributed by atoms with van der Waals surface area (Å²) in [6.07, 6.45) is 0.675. The SMILES string of the molecule is Nc1ccc(-c2nc3c(c(=O)[nH]2)CN(Cc2ccc([N+](=O)[O-])cc2)CC3)cc1. The van der Waals surface area contributed by atoms with Gasteiger partial charge in [-0.2, -0.15) is 0 Å². The second kappa shape index (κ2) is 7.24. The van der Waals surface area contributed by atoms with Crippen molar-refractivity contribution in [1.29, 1.82) is 0 Å². The lowest BCUT2D eigenvalue weighted by molar-refractivity contribution is -0.384. The number of aromatic amines is 1. The number of fused-ring (bicyclic) bond motifs is 1. The van der Waals surface area contributed by atoms with Crippen molar-refractivity contribution in [2.75, 3.05) is 12.3 Å². The van der Waals surface area contributed by atoms with Crippen LogP contribution in [0.4, 0.5) is 11.4 Å². The molecule has 4 rings (SSSR count). The van der Waals surface area contributed by atoms with Crippen LogP contribution in [0, 0.1) is 10.1 Å². The number of nitrogens with two attached hydrogens (primary N) is 1. The number of nitro groups is 1. The van der Waals surface area contributed by atoms with Crippen LogP contribution in [-0.2, 0) is 19.5 Å². The number of rotatable bonds is 4. The Kier molecular flexibility index (Phi) is 4.62. The Bertz CT molecular complexity index is 1070. The number of nitrogens with zero attached hydrogens (tertiary/aromatic N) is 3. The van der Waals surface area contributed by atoms with E-state index in [0.29, 0.717) is 36.6 Å². The summed E-state index contributed by atoms with van der Waals surface area (Å²) in [5.74, 6) is 0.549. The van der Waals surface area contributed by atoms with E-state index in [-0.39, 0.29) is 11.2 Å². The van der Waals surface area contributed by atoms with E-state index in [1.807, 2.05) is 12.1 Å². The predicted molar refractivity (Wildman–Crippen MR) is 106 cm³/mol. The Morgan fingerprint density at radius 2 is 1.86 bits per heavy atom. The van der Waals surface area contributed by atoms with Crippen LogP contribution in [0.15, 0.2) is 53.3 Å². The molecule has 142 valence electrons. The van der Waals surface area contributed by atoms with E-state index in [9.17, 15) is 14.9 Å². The van der Waals surface area contributed by atoms with Crippen LogP contribution in [0.2, 0.25) is 0 Å². The highest BCUT2D eigenvalue weighted by atomic mass is 16.6. The minimum atomic E-state index is -0.412. The Morgan fingerprint density at radius 3 is 2.54 bits per heavy atom. The molecule has 28 heavy (non-hydrogen) atoms. The van der Waals surface area contributed by atoms with Gasteiger partial charge >= 0.3 is 0 Å². The number of non-ortho nitro benzene ring substituents is 1. The maximum Gasteiger partial charge on any atom is 0.269 e. The van der Waals surface area contributed by atoms with Gasteiger partial charge in [-0.25, -0.2) is 4.98 Å². The van der Waals surface area contributed by atoms with Crippen molar-refractivity contribution in [2.45, 2.75) is 19.5 Å². The highest BCUT2D eigenvalue weighted by Gasteiger charge is 2.21. The lowest BCUT2D eigenvalue weighted by atomic mass is 10.1. The molecule has 1 aliphatic rings. The summed E-state index contributed by atoms with van der Waals surface area (Å²) < 4.78 is 0. The molecule has 0 amide bonds. The van der Waals surface area contributed by atoms with Gasteiger partial charge < -0.3 is 10.7 Å². The average Bonchev–Trinajstić information content (AvgIpc) is 2.69. The molecule has 8 heteroatoms. The molecule has 1 aliphatic heterocycles. The van der Waals surface area contributed by atoms with E-state index < -0.39 is 4.92 Å². The van der Waals surface area contributed by atoms with Gasteiger partial charge in [-0.1, -0.05) is 12.1 Å². The molecular formula is C20H19N5O3. The summed E-state index contributed by atoms with van der Waals surface area (Å²) >= 11 is 0. The maximum atomic E-state index is 12.6. The van der Waals surface area contributed by atoms with Crippen LogP contribution < -0.4 is 11.3 Å². The number of nitro benzene ring substituents is 1. The molecule has 0 atom stereocenters. The molecule has 3 N–H and O–H groups in total. The monoisotopic (exact) mass is 377 g/mol. The zero-order chi connectivity index (χ0) is 19.7. The van der Waals surface area contributed by atoms with Crippen molar-refractivity contribution in [3.8, 4) is 11.4 Å². The first-order chi connectivity index (χ1) is 13.5. The van der Waals surface area contributed by atoms with Crippen LogP contribution in [0.1, 0.15) is 16.8 Å². The molecule has 1 aromatic heterocycles. The zero-order valence-electron chi connectivity index (χ0n) is 15.1. The van der Waals surface area contributed by atoms with E-state index in [0.717, 1.165) is 23.4 Å². The van der Waals surface area contributed by atoms with Gasteiger partial charge in [0.1, 0.15) is 5.82 Å². The normalized spacial score (nSPS) is 13.9. The molecule has 0 saturated heterocycles. The summed E-state index contributed by atoms with van der Waals surface area (Å²) in [5.41, 5.74) is 9.59. The van der Waals surface area contributed by atoms with Gasteiger partial charge in [0, 0.05) is 49.4 Å². The number of nitrogen functional groups attached to an aromatic ring is 1. The van der Waals surface area contributed by atoms with E-state index in [4.69, 9.17) is 5.73 Å². The van der Waals surface area contributed by atoms with Gasteiger partial charge in [0.25, 0.3) is 11.2 Å². The molecule has 0 spiro atoms. The van der Waals surface area contributed by atoms with Crippen LogP contribution >= 0.6 is 0 Å². The highest BCUT2D eigenvalue weighted by Crippen LogP contribution is 2.21. The Labute approximate surface area is 160 Å². The summed E-state index contributed by atoms with van der Waals surface area (Å²) in [4.78, 5) is 32.6. The molecule has 8 nitrogen and oxygen atoms in total. The first kappa shape index (κ1) is 17.9. The molecule has 0 radical (unpaired) electrons. The van der Waals surface area contributed by atoms with Crippen molar-refractivity contribution >= 4 is 11.4 Å². The summed E-state index contributed by atoms with van der Waals surface area (Å²) in [6, 6.07) is 13.7. The Balaban J connectivity index is 1.53. The van der Waals surface area contributed by atoms with Crippen molar-refractivity contribution in [1.82, 2.24) is 14.9 Å². The number of aromatic nitrogens is 2. The second-order valence-electron chi connectivity index (χ2n) is 6.85. The molecule has 0 aliphatic carbocycles. The van der Waals surface area contributed by atoms with Gasteiger partial charge in [-0.05, 0) is 29.8 Å². The zero-order valence-corrected chi connectivity index (χ0v) is 15.1. The number of benzene rings is 2. The fraction of sp³-hybridized carbons (Fsp3) is 0.200. The molecule has 2 aromatic carbocycles. The van der Waals surface area contributed by atoms with Crippen LogP contribution in [0.25, 0.3) is 11.4 Å². The first-order valence-corrected chi connectivity index (χ1v) is 8.93. The Hall–Kier alpha value is -3.52. The standard InChI is InChI=1S/C20H19N5O3/c21-15-5-3-14(4-6-15)19-22-18-9-10-24(12-17(18)20(26)23-19)11-13-1-7-16(8-2-13)25(27)28/h1-8H,9-12,21H2,(H,22,23,26). The average molecular weight is 377 g/mol. The molecular weight excluding hydrogens is 358 g/mol. The van der Waals surface area contributed by atoms with Crippen molar-refractivity contribution < 1.29 is 4.92 Å². The van der Waals surface area contributed by atoms with Gasteiger partial charge in [0.05, 0.1) is 16.2 Å². The van der Waals surface area contributed by atoms with E-state index in [2.05, 4.69) is 14.9 Å². The number of hydrogen-bond acceptors (Lipinski definition) is 6. The third kappa shape index (κ3) is 3.63. The van der Waals surface area contributed by atoms with Crippen molar-refractivity contribution in [2.24, 2.45) is 0 Å². The topological polar surface area (TPSA) is 118 Å². The second-order valence-corrected chi connectivity index (χ2v) is 6.85. The predicted octanol–water partition coefficient (Wildman–Crippen LogP) is 2.49. The fourth-order valence-electron chi connectivity index (χ4n) is 3.37. The third-order valence-electron chi connectivity index (χ3n) is 4.89. The number of hydrogen-bond donors (Lipinski definition) is 2. The lowest BCUT2D eigenvalue weighted by Gasteiger charge is -2.27. The minimum Gasteiger partial charge on any atom is -0.399 e. The van der Waals surface area contributed by atoms with Gasteiger partial charge in [-0.15, -0.1) is 0 Å². The van der Waals surface area contributed by atoms with Crippen LogP contribution in [-0.4, -0.2) is 26.3 Å². The van der Waals surface area contributed by atoms with E-state index >= 15 is 0 Å². The van der Waals surface area contributed by atoms with Crippen LogP contribution in [0.5, 0.6) is 0 Å². The number of H-pyrrole nitrogens is 1. The minimum absolute atomic E-state index is 0.0728. The van der Waals surface area contributed by atoms with Crippen molar-refractivity contribution in [3.63, 3.8) is 0 Å².